The van der Waals surface area contributed by atoms with E-state index in [9.17, 15) is 23.2 Å². The smallest absolute Gasteiger partial charge is 0.337 e. The maximum absolute atomic E-state index is 14.6. The second-order valence-electron chi connectivity index (χ2n) is 14.2. The molecule has 1 aliphatic carbocycles. The minimum absolute atomic E-state index is 0.0193. The highest BCUT2D eigenvalue weighted by atomic mass is 19.1. The van der Waals surface area contributed by atoms with Crippen LogP contribution in [-0.2, 0) is 11.2 Å². The van der Waals surface area contributed by atoms with Gasteiger partial charge in [-0.15, -0.1) is 0 Å². The summed E-state index contributed by atoms with van der Waals surface area (Å²) in [5.41, 5.74) is 2.96. The van der Waals surface area contributed by atoms with Crippen molar-refractivity contribution in [2.45, 2.75) is 56.8 Å². The van der Waals surface area contributed by atoms with Crippen molar-refractivity contribution in [3.05, 3.63) is 129 Å². The van der Waals surface area contributed by atoms with Crippen LogP contribution in [0.15, 0.2) is 106 Å². The van der Waals surface area contributed by atoms with E-state index in [0.29, 0.717) is 37.1 Å². The Morgan fingerprint density at radius 3 is 2.53 bits per heavy atom. The number of piperazine rings is 1. The second kappa shape index (κ2) is 14.9. The largest absolute Gasteiger partial charge is 0.356 e. The molecule has 4 aromatic rings. The van der Waals surface area contributed by atoms with E-state index in [4.69, 9.17) is 0 Å². The van der Waals surface area contributed by atoms with Gasteiger partial charge in [-0.05, 0) is 92.1 Å². The number of rotatable bonds is 9. The molecular weight excluding hydrogens is 678 g/mol. The number of aromatic nitrogens is 3. The lowest BCUT2D eigenvalue weighted by atomic mass is 9.90. The summed E-state index contributed by atoms with van der Waals surface area (Å²) in [4.78, 5) is 49.6. The first-order valence-corrected chi connectivity index (χ1v) is 18.4. The summed E-state index contributed by atoms with van der Waals surface area (Å²) < 4.78 is 30.8. The third-order valence-electron chi connectivity index (χ3n) is 10.7. The summed E-state index contributed by atoms with van der Waals surface area (Å²) in [7, 11) is 0. The van der Waals surface area contributed by atoms with Crippen LogP contribution in [0.2, 0.25) is 0 Å². The number of pyridine rings is 1. The number of fused-ring (bicyclic) bond motifs is 2. The van der Waals surface area contributed by atoms with E-state index in [2.05, 4.69) is 50.1 Å². The molecule has 1 atom stereocenters. The van der Waals surface area contributed by atoms with Gasteiger partial charge in [0.25, 0.3) is 11.5 Å². The predicted molar refractivity (Wildman–Crippen MR) is 199 cm³/mol. The average molecular weight is 721 g/mol. The van der Waals surface area contributed by atoms with Crippen molar-refractivity contribution < 1.29 is 13.6 Å². The van der Waals surface area contributed by atoms with Crippen LogP contribution in [0.5, 0.6) is 0 Å². The topological polar surface area (TPSA) is 117 Å². The Kier molecular flexibility index (Phi) is 9.76. The van der Waals surface area contributed by atoms with Gasteiger partial charge in [0.1, 0.15) is 23.5 Å². The predicted octanol–water partition coefficient (Wildman–Crippen LogP) is 4.24. The maximum atomic E-state index is 14.6. The van der Waals surface area contributed by atoms with Gasteiger partial charge in [0.2, 0.25) is 0 Å². The number of hydrogen-bond acceptors (Lipinski definition) is 8. The third-order valence-corrected chi connectivity index (χ3v) is 10.7. The summed E-state index contributed by atoms with van der Waals surface area (Å²) >= 11 is 0. The quantitative estimate of drug-likeness (QED) is 0.235. The van der Waals surface area contributed by atoms with Crippen LogP contribution in [0.4, 0.5) is 8.78 Å². The number of benzene rings is 2. The number of carbonyl (C=O) groups excluding carboxylic acids is 1. The van der Waals surface area contributed by atoms with E-state index in [1.54, 1.807) is 23.2 Å². The Morgan fingerprint density at radius 1 is 0.943 bits per heavy atom. The molecule has 3 N–H and O–H groups in total. The van der Waals surface area contributed by atoms with Crippen molar-refractivity contribution in [3.63, 3.8) is 0 Å². The van der Waals surface area contributed by atoms with Crippen molar-refractivity contribution in [3.8, 4) is 16.8 Å². The fourth-order valence-electron chi connectivity index (χ4n) is 7.87. The molecule has 0 bridgehead atoms. The van der Waals surface area contributed by atoms with Crippen molar-refractivity contribution in [2.24, 2.45) is 0 Å². The minimum atomic E-state index is -0.667. The van der Waals surface area contributed by atoms with Crippen molar-refractivity contribution in [1.29, 1.82) is 0 Å². The maximum Gasteiger partial charge on any atom is 0.337 e. The van der Waals surface area contributed by atoms with E-state index in [1.165, 1.54) is 27.0 Å². The van der Waals surface area contributed by atoms with Gasteiger partial charge in [0.15, 0.2) is 5.65 Å². The normalized spacial score (nSPS) is 21.5. The number of nitrogens with zero attached hydrogens (tertiary/aromatic N) is 5. The molecule has 2 fully saturated rings. The van der Waals surface area contributed by atoms with Crippen molar-refractivity contribution >= 4 is 16.9 Å². The van der Waals surface area contributed by atoms with Gasteiger partial charge in [-0.3, -0.25) is 14.2 Å². The zero-order chi connectivity index (χ0) is 36.5. The summed E-state index contributed by atoms with van der Waals surface area (Å²) in [5.74, 6) is -1.37. The standard InChI is InChI=1S/C40H42F2N8O3/c41-29-10-15-36-46-35(25-48(36)24-29)38(51)45-31-11-13-32(14-12-31)50-39(52)34-22-30(42)23-44-37(34)49(40(50)53)33-5-1-4-28(21-33)27-8-6-26(7-9-27)3-2-18-47-19-16-43-17-20-47/h1,4-10,15,21-25,31-32,36,43,46H,2-3,11-14,16-20H2,(H,45,51)/t31-,32+,36?. The van der Waals surface area contributed by atoms with Gasteiger partial charge in [-0.1, -0.05) is 36.4 Å². The molecule has 0 spiro atoms. The molecule has 1 saturated carbocycles. The highest BCUT2D eigenvalue weighted by molar-refractivity contribution is 5.93. The Balaban J connectivity index is 1.00. The summed E-state index contributed by atoms with van der Waals surface area (Å²) in [6.07, 6.45) is 10.6. The number of halogens is 2. The van der Waals surface area contributed by atoms with E-state index < -0.39 is 28.9 Å². The molecule has 4 aliphatic rings. The summed E-state index contributed by atoms with van der Waals surface area (Å²) in [6.45, 7) is 5.36. The molecule has 3 aliphatic heterocycles. The number of allylic oxidation sites excluding steroid dienone is 2. The summed E-state index contributed by atoms with van der Waals surface area (Å²) in [5, 5.41) is 9.53. The zero-order valence-corrected chi connectivity index (χ0v) is 29.3. The number of aryl methyl sites for hydroxylation is 1. The van der Waals surface area contributed by atoms with Gasteiger partial charge in [-0.25, -0.2) is 23.1 Å². The monoisotopic (exact) mass is 720 g/mol. The molecule has 13 heteroatoms. The minimum Gasteiger partial charge on any atom is -0.356 e. The molecule has 5 heterocycles. The lowest BCUT2D eigenvalue weighted by molar-refractivity contribution is -0.118. The van der Waals surface area contributed by atoms with Gasteiger partial charge in [0.05, 0.1) is 17.3 Å². The molecule has 1 saturated heterocycles. The van der Waals surface area contributed by atoms with Crippen LogP contribution in [0.3, 0.4) is 0 Å². The Morgan fingerprint density at radius 2 is 1.74 bits per heavy atom. The van der Waals surface area contributed by atoms with Crippen LogP contribution in [0.25, 0.3) is 27.8 Å². The lowest BCUT2D eigenvalue weighted by Gasteiger charge is -2.30. The highest BCUT2D eigenvalue weighted by Gasteiger charge is 2.31. The van der Waals surface area contributed by atoms with Gasteiger partial charge < -0.3 is 25.8 Å². The fourth-order valence-corrected chi connectivity index (χ4v) is 7.87. The van der Waals surface area contributed by atoms with Gasteiger partial charge in [-0.2, -0.15) is 0 Å². The van der Waals surface area contributed by atoms with Crippen molar-refractivity contribution in [1.82, 2.24) is 39.9 Å². The average Bonchev–Trinajstić information content (AvgIpc) is 3.60. The van der Waals surface area contributed by atoms with Crippen molar-refractivity contribution in [2.75, 3.05) is 32.7 Å². The van der Waals surface area contributed by atoms with Gasteiger partial charge in [0, 0.05) is 50.7 Å². The number of hydrogen-bond donors (Lipinski definition) is 3. The Hall–Kier alpha value is -5.40. The van der Waals surface area contributed by atoms with Crippen LogP contribution in [0, 0.1) is 5.82 Å². The number of nitrogens with one attached hydrogen (secondary N) is 3. The van der Waals surface area contributed by atoms with Crippen LogP contribution in [-0.4, -0.2) is 74.8 Å². The Bertz CT molecular complexity index is 2230. The van der Waals surface area contributed by atoms with E-state index >= 15 is 0 Å². The summed E-state index contributed by atoms with van der Waals surface area (Å²) in [6, 6.07) is 16.5. The third kappa shape index (κ3) is 7.31. The number of carbonyl (C=O) groups is 1. The molecule has 8 rings (SSSR count). The molecule has 2 aromatic heterocycles. The fraction of sp³-hybridized carbons (Fsp3) is 0.350. The number of amides is 1. The molecule has 1 amide bonds. The van der Waals surface area contributed by atoms with E-state index in [-0.39, 0.29) is 29.1 Å². The SMILES string of the molecule is O=C(N[C@H]1CC[C@@H](n2c(=O)c3cc(F)cnc3n(-c3cccc(-c4ccc(CCCN5CCNCC5)cc4)c3)c2=O)CC1)C1=CN2C=C(F)C=CC2N1. The molecule has 53 heavy (non-hydrogen) atoms. The van der Waals surface area contributed by atoms with Crippen LogP contribution in [0.1, 0.15) is 43.7 Å². The van der Waals surface area contributed by atoms with Gasteiger partial charge >= 0.3 is 5.69 Å². The lowest BCUT2D eigenvalue weighted by Crippen LogP contribution is -2.46. The first-order valence-electron chi connectivity index (χ1n) is 18.4. The second-order valence-corrected chi connectivity index (χ2v) is 14.2. The van der Waals surface area contributed by atoms with Crippen LogP contribution < -0.4 is 27.2 Å². The van der Waals surface area contributed by atoms with Crippen LogP contribution >= 0.6 is 0 Å². The molecular formula is C40H42F2N8O3. The first kappa shape index (κ1) is 34.7. The molecule has 11 nitrogen and oxygen atoms in total. The van der Waals surface area contributed by atoms with E-state index in [1.807, 2.05) is 18.2 Å². The highest BCUT2D eigenvalue weighted by Crippen LogP contribution is 2.29. The Labute approximate surface area is 305 Å². The van der Waals surface area contributed by atoms with E-state index in [0.717, 1.165) is 69.0 Å². The molecule has 1 unspecified atom stereocenters. The molecule has 0 radical (unpaired) electrons. The molecule has 274 valence electrons. The molecule has 2 aromatic carbocycles. The first-order chi connectivity index (χ1) is 25.8. The zero-order valence-electron chi connectivity index (χ0n) is 29.3.